The summed E-state index contributed by atoms with van der Waals surface area (Å²) in [6.45, 7) is 2.55. The number of fused-ring (bicyclic) bond motifs is 1. The van der Waals surface area contributed by atoms with Crippen molar-refractivity contribution in [1.29, 1.82) is 0 Å². The molecule has 1 atom stereocenters. The first-order valence-electron chi connectivity index (χ1n) is 7.58. The van der Waals surface area contributed by atoms with Crippen LogP contribution < -0.4 is 5.32 Å². The number of carbonyl (C=O) groups is 1. The summed E-state index contributed by atoms with van der Waals surface area (Å²) in [6.07, 6.45) is 1.04. The van der Waals surface area contributed by atoms with Gasteiger partial charge in [0.15, 0.2) is 5.65 Å². The molecule has 2 aromatic rings. The molecule has 0 radical (unpaired) electrons. The van der Waals surface area contributed by atoms with Gasteiger partial charge >= 0.3 is 0 Å². The normalized spacial score (nSPS) is 12.7. The van der Waals surface area contributed by atoms with Gasteiger partial charge in [0, 0.05) is 19.3 Å². The van der Waals surface area contributed by atoms with Crippen LogP contribution in [-0.4, -0.2) is 38.8 Å². The highest BCUT2D eigenvalue weighted by molar-refractivity contribution is 5.94. The predicted octanol–water partition coefficient (Wildman–Crippen LogP) is 2.20. The zero-order valence-electron chi connectivity index (χ0n) is 12.9. The van der Waals surface area contributed by atoms with Gasteiger partial charge in [0.1, 0.15) is 0 Å². The molecule has 2 rings (SSSR count). The summed E-state index contributed by atoms with van der Waals surface area (Å²) >= 11 is 0. The van der Waals surface area contributed by atoms with Gasteiger partial charge in [-0.25, -0.2) is 8.78 Å². The monoisotopic (exact) mass is 326 g/mol. The molecule has 6 nitrogen and oxygen atoms in total. The summed E-state index contributed by atoms with van der Waals surface area (Å²) in [7, 11) is 0. The van der Waals surface area contributed by atoms with Gasteiger partial charge in [0.25, 0.3) is 12.3 Å². The molecule has 0 aliphatic heterocycles. The van der Waals surface area contributed by atoms with Crippen LogP contribution in [0, 0.1) is 5.92 Å². The number of aliphatic hydroxyl groups is 1. The maximum Gasteiger partial charge on any atom is 0.297 e. The molecule has 1 unspecified atom stereocenters. The number of hydrogen-bond acceptors (Lipinski definition) is 4. The highest BCUT2D eigenvalue weighted by atomic mass is 19.3. The summed E-state index contributed by atoms with van der Waals surface area (Å²) < 4.78 is 26.8. The van der Waals surface area contributed by atoms with Crippen LogP contribution in [-0.2, 0) is 0 Å². The van der Waals surface area contributed by atoms with Crippen LogP contribution in [0.5, 0.6) is 0 Å². The average molecular weight is 326 g/mol. The fourth-order valence-corrected chi connectivity index (χ4v) is 2.47. The van der Waals surface area contributed by atoms with Gasteiger partial charge in [0.2, 0.25) is 5.82 Å². The summed E-state index contributed by atoms with van der Waals surface area (Å²) in [5.74, 6) is -0.636. The number of aromatic nitrogens is 3. The Balaban J connectivity index is 2.09. The Labute approximate surface area is 132 Å². The minimum absolute atomic E-state index is 0.0744. The second-order valence-electron chi connectivity index (χ2n) is 5.38. The second-order valence-corrected chi connectivity index (χ2v) is 5.38. The van der Waals surface area contributed by atoms with Crippen molar-refractivity contribution in [1.82, 2.24) is 19.9 Å². The van der Waals surface area contributed by atoms with E-state index >= 15 is 0 Å². The molecule has 2 aromatic heterocycles. The van der Waals surface area contributed by atoms with E-state index < -0.39 is 12.2 Å². The number of alkyl halides is 2. The van der Waals surface area contributed by atoms with Crippen molar-refractivity contribution in [2.75, 3.05) is 13.2 Å². The van der Waals surface area contributed by atoms with Crippen molar-refractivity contribution >= 4 is 11.6 Å². The zero-order chi connectivity index (χ0) is 16.8. The molecule has 126 valence electrons. The number of aliphatic hydroxyl groups excluding tert-OH is 1. The van der Waals surface area contributed by atoms with E-state index in [0.717, 1.165) is 17.2 Å². The van der Waals surface area contributed by atoms with Crippen molar-refractivity contribution in [2.24, 2.45) is 5.92 Å². The first kappa shape index (κ1) is 17.3. The standard InChI is InChI=1S/C15H20F2N4O2/c1-2-3-10(6-7-22)8-18-15(23)11-4-5-12-19-20-14(13(16)17)21(12)9-11/h4-5,9-10,13,22H,2-3,6-8H2,1H3,(H,18,23). The third-order valence-corrected chi connectivity index (χ3v) is 3.67. The summed E-state index contributed by atoms with van der Waals surface area (Å²) in [5, 5.41) is 18.9. The number of carbonyl (C=O) groups excluding carboxylic acids is 1. The minimum Gasteiger partial charge on any atom is -0.396 e. The van der Waals surface area contributed by atoms with Gasteiger partial charge in [-0.15, -0.1) is 10.2 Å². The predicted molar refractivity (Wildman–Crippen MR) is 80.4 cm³/mol. The third-order valence-electron chi connectivity index (χ3n) is 3.67. The van der Waals surface area contributed by atoms with E-state index in [1.165, 1.54) is 18.3 Å². The molecule has 0 bridgehead atoms. The van der Waals surface area contributed by atoms with Crippen molar-refractivity contribution in [2.45, 2.75) is 32.6 Å². The third kappa shape index (κ3) is 4.22. The van der Waals surface area contributed by atoms with E-state index in [2.05, 4.69) is 15.5 Å². The number of nitrogens with one attached hydrogen (secondary N) is 1. The van der Waals surface area contributed by atoms with E-state index in [4.69, 9.17) is 5.11 Å². The van der Waals surface area contributed by atoms with Crippen LogP contribution in [0.4, 0.5) is 8.78 Å². The molecule has 2 N–H and O–H groups in total. The molecular formula is C15H20F2N4O2. The minimum atomic E-state index is -2.76. The molecule has 0 saturated heterocycles. The molecule has 0 aliphatic rings. The lowest BCUT2D eigenvalue weighted by Gasteiger charge is -2.15. The van der Waals surface area contributed by atoms with Crippen molar-refractivity contribution in [3.63, 3.8) is 0 Å². The number of nitrogens with zero attached hydrogens (tertiary/aromatic N) is 3. The van der Waals surface area contributed by atoms with Crippen LogP contribution in [0.25, 0.3) is 5.65 Å². The molecule has 8 heteroatoms. The van der Waals surface area contributed by atoms with Gasteiger partial charge in [0.05, 0.1) is 5.56 Å². The molecule has 2 heterocycles. The molecule has 0 fully saturated rings. The van der Waals surface area contributed by atoms with E-state index in [9.17, 15) is 13.6 Å². The molecular weight excluding hydrogens is 306 g/mol. The van der Waals surface area contributed by atoms with E-state index in [0.29, 0.717) is 13.0 Å². The number of amides is 1. The van der Waals surface area contributed by atoms with Crippen LogP contribution in [0.1, 0.15) is 48.8 Å². The Hall–Kier alpha value is -2.09. The molecule has 1 amide bonds. The largest absolute Gasteiger partial charge is 0.396 e. The number of hydrogen-bond donors (Lipinski definition) is 2. The van der Waals surface area contributed by atoms with Crippen molar-refractivity contribution < 1.29 is 18.7 Å². The summed E-state index contributed by atoms with van der Waals surface area (Å²) in [4.78, 5) is 12.2. The fraction of sp³-hybridized carbons (Fsp3) is 0.533. The maximum absolute atomic E-state index is 12.8. The molecule has 23 heavy (non-hydrogen) atoms. The molecule has 0 saturated carbocycles. The average Bonchev–Trinajstić information content (AvgIpc) is 2.96. The van der Waals surface area contributed by atoms with Crippen molar-refractivity contribution in [3.8, 4) is 0 Å². The Morgan fingerprint density at radius 1 is 1.35 bits per heavy atom. The Morgan fingerprint density at radius 2 is 2.13 bits per heavy atom. The van der Waals surface area contributed by atoms with Crippen LogP contribution >= 0.6 is 0 Å². The molecule has 0 aromatic carbocycles. The number of halogens is 2. The maximum atomic E-state index is 12.8. The second kappa shape index (κ2) is 7.96. The highest BCUT2D eigenvalue weighted by Crippen LogP contribution is 2.18. The van der Waals surface area contributed by atoms with Gasteiger partial charge in [-0.2, -0.15) is 0 Å². The lowest BCUT2D eigenvalue weighted by atomic mass is 10.0. The first-order chi connectivity index (χ1) is 11.1. The van der Waals surface area contributed by atoms with Crippen LogP contribution in [0.2, 0.25) is 0 Å². The smallest absolute Gasteiger partial charge is 0.297 e. The molecule has 0 aliphatic carbocycles. The van der Waals surface area contributed by atoms with Gasteiger partial charge in [-0.05, 0) is 30.9 Å². The SMILES string of the molecule is CCCC(CCO)CNC(=O)c1ccc2nnc(C(F)F)n2c1. The molecule has 0 spiro atoms. The van der Waals surface area contributed by atoms with E-state index in [1.807, 2.05) is 6.92 Å². The fourth-order valence-electron chi connectivity index (χ4n) is 2.47. The Bertz CT molecular complexity index is 654. The Morgan fingerprint density at radius 3 is 2.78 bits per heavy atom. The highest BCUT2D eigenvalue weighted by Gasteiger charge is 2.17. The van der Waals surface area contributed by atoms with Gasteiger partial charge in [-0.3, -0.25) is 9.20 Å². The topological polar surface area (TPSA) is 79.5 Å². The van der Waals surface area contributed by atoms with Gasteiger partial charge in [-0.1, -0.05) is 13.3 Å². The van der Waals surface area contributed by atoms with Crippen LogP contribution in [0.3, 0.4) is 0 Å². The Kier molecular flexibility index (Phi) is 5.97. The lowest BCUT2D eigenvalue weighted by Crippen LogP contribution is -2.30. The van der Waals surface area contributed by atoms with E-state index in [1.54, 1.807) is 0 Å². The number of rotatable bonds is 8. The number of pyridine rings is 1. The first-order valence-corrected chi connectivity index (χ1v) is 7.58. The van der Waals surface area contributed by atoms with E-state index in [-0.39, 0.29) is 29.6 Å². The quantitative estimate of drug-likeness (QED) is 0.779. The summed E-state index contributed by atoms with van der Waals surface area (Å²) in [6, 6.07) is 3.00. The van der Waals surface area contributed by atoms with Crippen molar-refractivity contribution in [3.05, 3.63) is 29.7 Å². The zero-order valence-corrected chi connectivity index (χ0v) is 12.9. The van der Waals surface area contributed by atoms with Gasteiger partial charge < -0.3 is 10.4 Å². The van der Waals surface area contributed by atoms with Crippen LogP contribution in [0.15, 0.2) is 18.3 Å². The lowest BCUT2D eigenvalue weighted by molar-refractivity contribution is 0.0942. The summed E-state index contributed by atoms with van der Waals surface area (Å²) in [5.41, 5.74) is 0.527.